The Balaban J connectivity index is 0.000000450. The van der Waals surface area contributed by atoms with Gasteiger partial charge in [-0.25, -0.2) is 19.7 Å². The van der Waals surface area contributed by atoms with Gasteiger partial charge in [-0.2, -0.15) is 26.3 Å². The molecule has 284 valence electrons. The van der Waals surface area contributed by atoms with Gasteiger partial charge in [0.2, 0.25) is 5.91 Å². The average molecular weight is 750 g/mol. The Morgan fingerprint density at radius 2 is 1.64 bits per heavy atom. The van der Waals surface area contributed by atoms with Crippen LogP contribution in [0.3, 0.4) is 0 Å². The Hall–Kier alpha value is -5.55. The summed E-state index contributed by atoms with van der Waals surface area (Å²) in [5.74, 6) is -5.52. The van der Waals surface area contributed by atoms with Crippen molar-refractivity contribution in [2.75, 3.05) is 41.7 Å². The molecule has 1 saturated heterocycles. The van der Waals surface area contributed by atoms with E-state index in [1.165, 1.54) is 18.0 Å². The fourth-order valence-corrected chi connectivity index (χ4v) is 5.72. The van der Waals surface area contributed by atoms with Gasteiger partial charge in [0.05, 0.1) is 0 Å². The first-order chi connectivity index (χ1) is 25.1. The van der Waals surface area contributed by atoms with Gasteiger partial charge in [-0.15, -0.1) is 0 Å². The molecular formula is C35H37F6N7O5. The number of hydrogen-bond acceptors (Lipinski definition) is 10. The van der Waals surface area contributed by atoms with Crippen LogP contribution in [-0.2, 0) is 32.0 Å². The SMILES string of the molecule is CCc1c(NC[C@H](NC(=O)/C=C/c2ccccc2)C(=O)O)ncnc1N1CCC(c2ccc3c(n2)NCCC3)CC1.O=C(C(=O)C(F)(F)F)C(F)(F)F. The quantitative estimate of drug-likeness (QED) is 0.117. The van der Waals surface area contributed by atoms with Crippen LogP contribution < -0.4 is 20.9 Å². The van der Waals surface area contributed by atoms with Gasteiger partial charge < -0.3 is 26.0 Å². The molecule has 2 aliphatic heterocycles. The Labute approximate surface area is 300 Å². The lowest BCUT2D eigenvalue weighted by Crippen LogP contribution is -2.45. The van der Waals surface area contributed by atoms with E-state index in [-0.39, 0.29) is 6.54 Å². The Morgan fingerprint density at radius 1 is 0.981 bits per heavy atom. The molecule has 1 atom stereocenters. The number of anilines is 3. The van der Waals surface area contributed by atoms with Crippen molar-refractivity contribution in [3.05, 3.63) is 77.3 Å². The fourth-order valence-electron chi connectivity index (χ4n) is 5.72. The number of hydrogen-bond donors (Lipinski definition) is 4. The smallest absolute Gasteiger partial charge is 0.458 e. The summed E-state index contributed by atoms with van der Waals surface area (Å²) in [5, 5.41) is 18.9. The number of pyridine rings is 1. The minimum Gasteiger partial charge on any atom is -0.480 e. The number of Topliss-reactive ketones (excluding diaryl/α,β-unsaturated/α-hetero) is 2. The van der Waals surface area contributed by atoms with E-state index in [9.17, 15) is 50.6 Å². The molecule has 1 amide bonds. The Kier molecular flexibility index (Phi) is 13.5. The van der Waals surface area contributed by atoms with Crippen LogP contribution >= 0.6 is 0 Å². The van der Waals surface area contributed by atoms with Crippen LogP contribution in [0.25, 0.3) is 6.08 Å². The zero-order valence-electron chi connectivity index (χ0n) is 28.4. The summed E-state index contributed by atoms with van der Waals surface area (Å²) >= 11 is 0. The van der Waals surface area contributed by atoms with Crippen LogP contribution in [0.5, 0.6) is 0 Å². The summed E-state index contributed by atoms with van der Waals surface area (Å²) in [5.41, 5.74) is 4.24. The zero-order valence-corrected chi connectivity index (χ0v) is 28.4. The molecule has 2 aliphatic rings. The summed E-state index contributed by atoms with van der Waals surface area (Å²) in [7, 11) is 0. The molecule has 0 bridgehead atoms. The normalized spacial score (nSPS) is 15.3. The molecule has 0 spiro atoms. The molecule has 5 rings (SSSR count). The first kappa shape index (κ1) is 40.2. The number of carbonyl (C=O) groups is 4. The topological polar surface area (TPSA) is 167 Å². The van der Waals surface area contributed by atoms with Crippen molar-refractivity contribution in [2.24, 2.45) is 0 Å². The second-order valence-electron chi connectivity index (χ2n) is 12.1. The maximum absolute atomic E-state index is 12.4. The van der Waals surface area contributed by atoms with E-state index in [0.29, 0.717) is 18.2 Å². The lowest BCUT2D eigenvalue weighted by Gasteiger charge is -2.34. The number of amides is 1. The molecule has 2 aromatic heterocycles. The van der Waals surface area contributed by atoms with Crippen molar-refractivity contribution >= 4 is 47.0 Å². The highest BCUT2D eigenvalue weighted by Crippen LogP contribution is 2.33. The molecule has 12 nitrogen and oxygen atoms in total. The third-order valence-electron chi connectivity index (χ3n) is 8.44. The number of alkyl halides is 6. The van der Waals surface area contributed by atoms with E-state index >= 15 is 0 Å². The van der Waals surface area contributed by atoms with Crippen LogP contribution in [0.4, 0.5) is 43.8 Å². The number of carbonyl (C=O) groups excluding carboxylic acids is 3. The van der Waals surface area contributed by atoms with Crippen LogP contribution in [0.2, 0.25) is 0 Å². The lowest BCUT2D eigenvalue weighted by molar-refractivity contribution is -0.193. The predicted octanol–water partition coefficient (Wildman–Crippen LogP) is 5.12. The van der Waals surface area contributed by atoms with Gasteiger partial charge in [-0.05, 0) is 55.4 Å². The molecule has 3 aromatic rings. The van der Waals surface area contributed by atoms with Gasteiger partial charge in [-0.1, -0.05) is 43.3 Å². The molecule has 18 heteroatoms. The molecule has 4 heterocycles. The summed E-state index contributed by atoms with van der Waals surface area (Å²) in [4.78, 5) is 59.8. The Bertz CT molecular complexity index is 1770. The number of benzene rings is 1. The van der Waals surface area contributed by atoms with Gasteiger partial charge in [0.1, 0.15) is 29.8 Å². The molecule has 0 aliphatic carbocycles. The number of nitrogens with zero attached hydrogens (tertiary/aromatic N) is 4. The van der Waals surface area contributed by atoms with Crippen molar-refractivity contribution in [3.63, 3.8) is 0 Å². The molecule has 1 aromatic carbocycles. The van der Waals surface area contributed by atoms with Gasteiger partial charge in [0, 0.05) is 49.4 Å². The molecule has 4 N–H and O–H groups in total. The number of fused-ring (bicyclic) bond motifs is 1. The number of carboxylic acid groups (broad SMARTS) is 1. The van der Waals surface area contributed by atoms with Crippen molar-refractivity contribution in [3.8, 4) is 0 Å². The summed E-state index contributed by atoms with van der Waals surface area (Å²) in [6, 6.07) is 12.6. The van der Waals surface area contributed by atoms with Crippen molar-refractivity contribution < 1.29 is 50.6 Å². The number of aryl methyl sites for hydroxylation is 1. The average Bonchev–Trinajstić information content (AvgIpc) is 3.14. The number of piperidine rings is 1. The van der Waals surface area contributed by atoms with E-state index in [4.69, 9.17) is 4.98 Å². The minimum atomic E-state index is -5.77. The Morgan fingerprint density at radius 3 is 2.25 bits per heavy atom. The number of nitrogens with one attached hydrogen (secondary N) is 3. The van der Waals surface area contributed by atoms with Crippen LogP contribution in [0.15, 0.2) is 54.9 Å². The predicted molar refractivity (Wildman–Crippen MR) is 182 cm³/mol. The fraction of sp³-hybridized carbons (Fsp3) is 0.400. The monoisotopic (exact) mass is 749 g/mol. The van der Waals surface area contributed by atoms with Crippen LogP contribution in [0.1, 0.15) is 54.5 Å². The van der Waals surface area contributed by atoms with Crippen LogP contribution in [-0.4, -0.2) is 88.1 Å². The van der Waals surface area contributed by atoms with Crippen molar-refractivity contribution in [1.82, 2.24) is 20.3 Å². The minimum absolute atomic E-state index is 0.0101. The number of rotatable bonds is 11. The second kappa shape index (κ2) is 17.8. The largest absolute Gasteiger partial charge is 0.480 e. The molecule has 0 saturated carbocycles. The molecule has 0 unspecified atom stereocenters. The van der Waals surface area contributed by atoms with E-state index in [0.717, 1.165) is 73.8 Å². The van der Waals surface area contributed by atoms with E-state index < -0.39 is 41.8 Å². The van der Waals surface area contributed by atoms with Crippen molar-refractivity contribution in [2.45, 2.75) is 63.3 Å². The maximum atomic E-state index is 12.4. The highest BCUT2D eigenvalue weighted by atomic mass is 19.4. The lowest BCUT2D eigenvalue weighted by atomic mass is 9.92. The summed E-state index contributed by atoms with van der Waals surface area (Å²) < 4.78 is 67.0. The standard InChI is InChI=1S/C31H37N7O3.C4F6O2/c1-2-24-29(33-19-26(31(40)41)36-27(39)13-10-21-7-4-3-5-8-21)34-20-35-30(24)38-17-14-22(15-18-38)25-12-11-23-9-6-16-32-28(23)37-25;5-3(6,7)1(11)2(12)4(8,9)10/h3-5,7-8,10-13,20,22,26H,2,6,9,14-19H2,1H3,(H,32,37)(H,36,39)(H,40,41)(H,33,34,35);/b13-10+;/t26-;/m0./s1. The summed E-state index contributed by atoms with van der Waals surface area (Å²) in [6.07, 6.45) is -2.17. The number of aromatic nitrogens is 3. The molecular weight excluding hydrogens is 712 g/mol. The second-order valence-corrected chi connectivity index (χ2v) is 12.1. The van der Waals surface area contributed by atoms with Gasteiger partial charge >= 0.3 is 29.9 Å². The molecule has 53 heavy (non-hydrogen) atoms. The zero-order chi connectivity index (χ0) is 38.8. The highest BCUT2D eigenvalue weighted by molar-refractivity contribution is 6.41. The van der Waals surface area contributed by atoms with Gasteiger partial charge in [-0.3, -0.25) is 14.4 Å². The highest BCUT2D eigenvalue weighted by Gasteiger charge is 2.54. The molecule has 0 radical (unpaired) electrons. The number of carboxylic acids is 1. The third-order valence-corrected chi connectivity index (χ3v) is 8.44. The van der Waals surface area contributed by atoms with Crippen molar-refractivity contribution in [1.29, 1.82) is 0 Å². The maximum Gasteiger partial charge on any atom is 0.458 e. The van der Waals surface area contributed by atoms with E-state index in [1.54, 1.807) is 6.08 Å². The first-order valence-electron chi connectivity index (χ1n) is 16.6. The third kappa shape index (κ3) is 11.2. The number of ketones is 2. The number of halogens is 6. The first-order valence-corrected chi connectivity index (χ1v) is 16.6. The summed E-state index contributed by atoms with van der Waals surface area (Å²) in [6.45, 7) is 4.71. The number of aliphatic carboxylic acids is 1. The van der Waals surface area contributed by atoms with E-state index in [1.807, 2.05) is 37.3 Å². The van der Waals surface area contributed by atoms with Crippen LogP contribution in [0, 0.1) is 0 Å². The van der Waals surface area contributed by atoms with Gasteiger partial charge in [0.25, 0.3) is 0 Å². The van der Waals surface area contributed by atoms with E-state index in [2.05, 4.69) is 43.0 Å². The molecule has 1 fully saturated rings. The van der Waals surface area contributed by atoms with Gasteiger partial charge in [0.15, 0.2) is 0 Å².